The van der Waals surface area contributed by atoms with Crippen LogP contribution in [-0.2, 0) is 0 Å². The summed E-state index contributed by atoms with van der Waals surface area (Å²) in [6, 6.07) is 16.0. The van der Waals surface area contributed by atoms with Gasteiger partial charge in [-0.25, -0.2) is 4.98 Å². The molecule has 1 aliphatic rings. The molecule has 0 amide bonds. The maximum absolute atomic E-state index is 13.7. The Kier molecular flexibility index (Phi) is 6.13. The molecule has 0 atom stereocenters. The molecular weight excluding hydrogens is 432 g/mol. The number of ether oxygens (including phenoxy) is 1. The van der Waals surface area contributed by atoms with Crippen LogP contribution in [0.3, 0.4) is 0 Å². The third-order valence-corrected chi connectivity index (χ3v) is 7.33. The second-order valence-corrected chi connectivity index (χ2v) is 9.56. The molecule has 7 heteroatoms. The third kappa shape index (κ3) is 4.37. The van der Waals surface area contributed by atoms with Crippen LogP contribution in [0.1, 0.15) is 51.0 Å². The Morgan fingerprint density at radius 2 is 1.82 bits per heavy atom. The molecule has 33 heavy (non-hydrogen) atoms. The number of H-pyrrole nitrogens is 1. The number of fused-ring (bicyclic) bond motifs is 1. The fourth-order valence-corrected chi connectivity index (χ4v) is 5.48. The number of aliphatic imine (C=N–C) groups is 1. The van der Waals surface area contributed by atoms with Crippen molar-refractivity contribution in [2.24, 2.45) is 4.99 Å². The van der Waals surface area contributed by atoms with Gasteiger partial charge in [0.1, 0.15) is 5.75 Å². The predicted molar refractivity (Wildman–Crippen MR) is 135 cm³/mol. The molecular formula is C26H28N4O2S. The molecule has 1 fully saturated rings. The summed E-state index contributed by atoms with van der Waals surface area (Å²) < 4.78 is 7.93. The molecule has 0 spiro atoms. The van der Waals surface area contributed by atoms with Gasteiger partial charge in [-0.1, -0.05) is 49.2 Å². The van der Waals surface area contributed by atoms with E-state index in [2.05, 4.69) is 5.10 Å². The summed E-state index contributed by atoms with van der Waals surface area (Å²) in [5.41, 5.74) is 3.84. The Morgan fingerprint density at radius 3 is 2.52 bits per heavy atom. The van der Waals surface area contributed by atoms with Gasteiger partial charge >= 0.3 is 0 Å². The van der Waals surface area contributed by atoms with Crippen LogP contribution in [-0.4, -0.2) is 33.6 Å². The highest BCUT2D eigenvalue weighted by Crippen LogP contribution is 2.28. The highest BCUT2D eigenvalue weighted by molar-refractivity contribution is 7.20. The molecule has 4 aromatic rings. The Labute approximate surface area is 197 Å². The van der Waals surface area contributed by atoms with Crippen molar-refractivity contribution in [3.63, 3.8) is 0 Å². The lowest BCUT2D eigenvalue weighted by Gasteiger charge is -2.10. The fourth-order valence-electron chi connectivity index (χ4n) is 4.56. The maximum atomic E-state index is 13.7. The van der Waals surface area contributed by atoms with E-state index in [1.54, 1.807) is 11.8 Å². The van der Waals surface area contributed by atoms with Crippen molar-refractivity contribution in [1.82, 2.24) is 14.8 Å². The molecule has 6 nitrogen and oxygen atoms in total. The van der Waals surface area contributed by atoms with E-state index in [1.165, 1.54) is 37.0 Å². The lowest BCUT2D eigenvalue weighted by Crippen LogP contribution is -2.20. The minimum absolute atomic E-state index is 0.116. The van der Waals surface area contributed by atoms with Gasteiger partial charge in [0, 0.05) is 11.3 Å². The SMILES string of the molecule is COc1ccc(-c2[nH]n(-c3nc4ccccc4s3)c(=O)c2C(C)=NC2CCCCCC2)cc1. The zero-order chi connectivity index (χ0) is 22.8. The summed E-state index contributed by atoms with van der Waals surface area (Å²) in [6.45, 7) is 1.96. The number of hydrogen-bond acceptors (Lipinski definition) is 5. The number of benzene rings is 2. The zero-order valence-electron chi connectivity index (χ0n) is 19.0. The zero-order valence-corrected chi connectivity index (χ0v) is 19.8. The van der Waals surface area contributed by atoms with Gasteiger partial charge in [-0.3, -0.25) is 14.9 Å². The number of aromatic nitrogens is 3. The smallest absolute Gasteiger partial charge is 0.283 e. The van der Waals surface area contributed by atoms with Gasteiger partial charge in [0.25, 0.3) is 5.56 Å². The van der Waals surface area contributed by atoms with E-state index >= 15 is 0 Å². The number of thiazole rings is 1. The molecule has 1 N–H and O–H groups in total. The van der Waals surface area contributed by atoms with E-state index < -0.39 is 0 Å². The van der Waals surface area contributed by atoms with E-state index in [4.69, 9.17) is 14.7 Å². The Balaban J connectivity index is 1.64. The highest BCUT2D eigenvalue weighted by Gasteiger charge is 2.22. The minimum Gasteiger partial charge on any atom is -0.497 e. The topological polar surface area (TPSA) is 72.3 Å². The summed E-state index contributed by atoms with van der Waals surface area (Å²) in [4.78, 5) is 23.4. The average molecular weight is 461 g/mol. The van der Waals surface area contributed by atoms with Crippen molar-refractivity contribution in [2.75, 3.05) is 7.11 Å². The first-order chi connectivity index (χ1) is 16.1. The number of methoxy groups -OCH3 is 1. The van der Waals surface area contributed by atoms with Crippen LogP contribution in [0.4, 0.5) is 0 Å². The summed E-state index contributed by atoms with van der Waals surface area (Å²) in [6.07, 6.45) is 7.14. The normalized spacial score (nSPS) is 15.6. The van der Waals surface area contributed by atoms with Crippen molar-refractivity contribution in [2.45, 2.75) is 51.5 Å². The second-order valence-electron chi connectivity index (χ2n) is 8.55. The number of rotatable bonds is 5. The van der Waals surface area contributed by atoms with Crippen LogP contribution in [0.5, 0.6) is 5.75 Å². The van der Waals surface area contributed by atoms with Crippen LogP contribution in [0.25, 0.3) is 26.6 Å². The first-order valence-electron chi connectivity index (χ1n) is 11.5. The first-order valence-corrected chi connectivity index (χ1v) is 12.4. The maximum Gasteiger partial charge on any atom is 0.283 e. The lowest BCUT2D eigenvalue weighted by molar-refractivity contribution is 0.415. The Morgan fingerprint density at radius 1 is 1.09 bits per heavy atom. The van der Waals surface area contributed by atoms with E-state index in [9.17, 15) is 4.79 Å². The number of para-hydroxylation sites is 1. The van der Waals surface area contributed by atoms with Crippen LogP contribution in [0.2, 0.25) is 0 Å². The minimum atomic E-state index is -0.116. The van der Waals surface area contributed by atoms with Crippen molar-refractivity contribution in [3.8, 4) is 22.1 Å². The molecule has 2 aromatic heterocycles. The van der Waals surface area contributed by atoms with Gasteiger partial charge in [0.15, 0.2) is 0 Å². The van der Waals surface area contributed by atoms with Gasteiger partial charge in [-0.15, -0.1) is 0 Å². The van der Waals surface area contributed by atoms with Crippen molar-refractivity contribution in [1.29, 1.82) is 0 Å². The number of aromatic amines is 1. The van der Waals surface area contributed by atoms with E-state index in [1.807, 2.05) is 55.5 Å². The molecule has 2 aromatic carbocycles. The van der Waals surface area contributed by atoms with Crippen molar-refractivity contribution in [3.05, 3.63) is 64.4 Å². The summed E-state index contributed by atoms with van der Waals surface area (Å²) in [5, 5.41) is 3.97. The Bertz CT molecular complexity index is 1310. The monoisotopic (exact) mass is 460 g/mol. The quantitative estimate of drug-likeness (QED) is 0.294. The second kappa shape index (κ2) is 9.35. The Hall–Kier alpha value is -3.19. The summed E-state index contributed by atoms with van der Waals surface area (Å²) >= 11 is 1.50. The largest absolute Gasteiger partial charge is 0.497 e. The van der Waals surface area contributed by atoms with Gasteiger partial charge in [-0.2, -0.15) is 4.68 Å². The lowest BCUT2D eigenvalue weighted by atomic mass is 10.0. The molecule has 0 aliphatic heterocycles. The average Bonchev–Trinajstić information content (AvgIpc) is 3.31. The standard InChI is InChI=1S/C26H28N4O2S/c1-17(27-19-9-5-3-4-6-10-19)23-24(18-13-15-20(32-2)16-14-18)29-30(25(23)31)26-28-21-11-7-8-12-22(21)33-26/h7-8,11-16,19,29H,3-6,9-10H2,1-2H3. The van der Waals surface area contributed by atoms with E-state index in [-0.39, 0.29) is 11.6 Å². The molecule has 1 aliphatic carbocycles. The van der Waals surface area contributed by atoms with Gasteiger partial charge in [-0.05, 0) is 56.2 Å². The number of nitrogens with zero attached hydrogens (tertiary/aromatic N) is 3. The van der Waals surface area contributed by atoms with Gasteiger partial charge in [0.2, 0.25) is 5.13 Å². The van der Waals surface area contributed by atoms with Gasteiger partial charge in [0.05, 0.1) is 34.6 Å². The van der Waals surface area contributed by atoms with Crippen molar-refractivity contribution >= 4 is 27.3 Å². The fraction of sp³-hybridized carbons (Fsp3) is 0.346. The van der Waals surface area contributed by atoms with Crippen LogP contribution >= 0.6 is 11.3 Å². The molecule has 0 bridgehead atoms. The first kappa shape index (κ1) is 21.6. The number of nitrogens with one attached hydrogen (secondary N) is 1. The molecule has 0 unspecified atom stereocenters. The van der Waals surface area contributed by atoms with Crippen LogP contribution in [0, 0.1) is 0 Å². The molecule has 2 heterocycles. The van der Waals surface area contributed by atoms with Gasteiger partial charge < -0.3 is 4.74 Å². The van der Waals surface area contributed by atoms with E-state index in [0.717, 1.165) is 45.8 Å². The molecule has 0 radical (unpaired) electrons. The summed E-state index contributed by atoms with van der Waals surface area (Å²) in [5.74, 6) is 0.775. The third-order valence-electron chi connectivity index (χ3n) is 6.31. The molecule has 170 valence electrons. The van der Waals surface area contributed by atoms with E-state index in [0.29, 0.717) is 10.7 Å². The van der Waals surface area contributed by atoms with Crippen LogP contribution < -0.4 is 10.3 Å². The molecule has 0 saturated heterocycles. The predicted octanol–water partition coefficient (Wildman–Crippen LogP) is 5.98. The molecule has 5 rings (SSSR count). The summed E-state index contributed by atoms with van der Waals surface area (Å²) in [7, 11) is 1.65. The van der Waals surface area contributed by atoms with Crippen LogP contribution in [0.15, 0.2) is 58.3 Å². The molecule has 1 saturated carbocycles. The highest BCUT2D eigenvalue weighted by atomic mass is 32.1. The van der Waals surface area contributed by atoms with Crippen molar-refractivity contribution < 1.29 is 4.74 Å². The number of hydrogen-bond donors (Lipinski definition) is 1.